The molecule has 3 rings (SSSR count). The van der Waals surface area contributed by atoms with E-state index in [2.05, 4.69) is 27.0 Å². The van der Waals surface area contributed by atoms with Gasteiger partial charge in [-0.2, -0.15) is 4.98 Å². The van der Waals surface area contributed by atoms with Gasteiger partial charge in [-0.15, -0.1) is 11.3 Å². The fourth-order valence-electron chi connectivity index (χ4n) is 2.76. The van der Waals surface area contributed by atoms with Crippen molar-refractivity contribution in [2.75, 3.05) is 7.05 Å². The summed E-state index contributed by atoms with van der Waals surface area (Å²) in [5.74, 6) is 1.00. The number of nitrogens with zero attached hydrogens (tertiary/aromatic N) is 5. The maximum atomic E-state index is 12.6. The van der Waals surface area contributed by atoms with Gasteiger partial charge in [0.25, 0.3) is 0 Å². The van der Waals surface area contributed by atoms with Gasteiger partial charge in [0, 0.05) is 42.7 Å². The minimum atomic E-state index is -0.00892. The van der Waals surface area contributed by atoms with Crippen LogP contribution in [0.25, 0.3) is 11.4 Å². The Kier molecular flexibility index (Phi) is 5.95. The maximum absolute atomic E-state index is 12.6. The standard InChI is InChI=1S/C19H23N5O2S/c1-5-16-21-12(2)18(27-16)13(3)24(4)17(25)7-6-15-22-19(23-26-15)14-8-10-20-11-9-14/h8-11,13H,5-7H2,1-4H3. The Bertz CT molecular complexity index is 906. The summed E-state index contributed by atoms with van der Waals surface area (Å²) >= 11 is 1.68. The lowest BCUT2D eigenvalue weighted by molar-refractivity contribution is -0.131. The average molecular weight is 385 g/mol. The van der Waals surface area contributed by atoms with Crippen molar-refractivity contribution >= 4 is 17.2 Å². The van der Waals surface area contributed by atoms with E-state index in [4.69, 9.17) is 4.52 Å². The summed E-state index contributed by atoms with van der Waals surface area (Å²) in [5.41, 5.74) is 1.84. The molecule has 1 atom stereocenters. The molecule has 0 saturated carbocycles. The fourth-order valence-corrected chi connectivity index (χ4v) is 3.86. The Morgan fingerprint density at radius 1 is 1.30 bits per heavy atom. The molecule has 0 aliphatic rings. The molecule has 1 amide bonds. The van der Waals surface area contributed by atoms with Crippen LogP contribution in [0, 0.1) is 6.92 Å². The Morgan fingerprint density at radius 2 is 2.04 bits per heavy atom. The van der Waals surface area contributed by atoms with Crippen LogP contribution < -0.4 is 0 Å². The van der Waals surface area contributed by atoms with Crippen molar-refractivity contribution in [3.8, 4) is 11.4 Å². The molecule has 0 fully saturated rings. The highest BCUT2D eigenvalue weighted by Gasteiger charge is 2.22. The van der Waals surface area contributed by atoms with E-state index >= 15 is 0 Å². The predicted molar refractivity (Wildman–Crippen MR) is 103 cm³/mol. The van der Waals surface area contributed by atoms with Crippen molar-refractivity contribution in [2.24, 2.45) is 0 Å². The van der Waals surface area contributed by atoms with E-state index in [1.807, 2.05) is 33.0 Å². The summed E-state index contributed by atoms with van der Waals surface area (Å²) in [6.07, 6.45) is 4.99. The number of carbonyl (C=O) groups is 1. The lowest BCUT2D eigenvalue weighted by atomic mass is 10.2. The maximum Gasteiger partial charge on any atom is 0.227 e. The van der Waals surface area contributed by atoms with Crippen molar-refractivity contribution in [1.82, 2.24) is 25.0 Å². The predicted octanol–water partition coefficient (Wildman–Crippen LogP) is 3.61. The van der Waals surface area contributed by atoms with E-state index in [0.717, 1.165) is 27.6 Å². The van der Waals surface area contributed by atoms with E-state index in [1.165, 1.54) is 0 Å². The first-order valence-corrected chi connectivity index (χ1v) is 9.76. The normalized spacial score (nSPS) is 12.1. The molecule has 0 N–H and O–H groups in total. The zero-order valence-electron chi connectivity index (χ0n) is 16.0. The van der Waals surface area contributed by atoms with Gasteiger partial charge in [0.15, 0.2) is 0 Å². The molecule has 27 heavy (non-hydrogen) atoms. The van der Waals surface area contributed by atoms with Crippen LogP contribution in [0.4, 0.5) is 0 Å². The Hall–Kier alpha value is -2.61. The molecule has 0 aromatic carbocycles. The van der Waals surface area contributed by atoms with E-state index < -0.39 is 0 Å². The number of amides is 1. The molecule has 3 aromatic heterocycles. The third-order valence-electron chi connectivity index (χ3n) is 4.49. The third kappa shape index (κ3) is 4.39. The van der Waals surface area contributed by atoms with Crippen LogP contribution in [0.1, 0.15) is 47.8 Å². The fraction of sp³-hybridized carbons (Fsp3) is 0.421. The van der Waals surface area contributed by atoms with Gasteiger partial charge in [0.2, 0.25) is 17.6 Å². The van der Waals surface area contributed by atoms with Crippen molar-refractivity contribution in [3.05, 3.63) is 46.0 Å². The van der Waals surface area contributed by atoms with Crippen molar-refractivity contribution in [3.63, 3.8) is 0 Å². The van der Waals surface area contributed by atoms with Crippen LogP contribution in [-0.4, -0.2) is 38.0 Å². The van der Waals surface area contributed by atoms with E-state index in [-0.39, 0.29) is 11.9 Å². The number of aryl methyl sites for hydroxylation is 3. The van der Waals surface area contributed by atoms with Crippen LogP contribution in [0.15, 0.2) is 29.0 Å². The first-order chi connectivity index (χ1) is 13.0. The van der Waals surface area contributed by atoms with Crippen molar-refractivity contribution < 1.29 is 9.32 Å². The second-order valence-corrected chi connectivity index (χ2v) is 7.45. The molecule has 7 nitrogen and oxygen atoms in total. The minimum Gasteiger partial charge on any atom is -0.339 e. The monoisotopic (exact) mass is 385 g/mol. The number of pyridine rings is 1. The molecule has 142 valence electrons. The molecule has 0 saturated heterocycles. The van der Waals surface area contributed by atoms with E-state index in [1.54, 1.807) is 28.6 Å². The van der Waals surface area contributed by atoms with Crippen LogP contribution in [0.5, 0.6) is 0 Å². The Labute approximate surface area is 162 Å². The Balaban J connectivity index is 1.60. The number of thiazole rings is 1. The van der Waals surface area contributed by atoms with E-state index in [9.17, 15) is 4.79 Å². The molecule has 3 heterocycles. The summed E-state index contributed by atoms with van der Waals surface area (Å²) in [6.45, 7) is 6.12. The van der Waals surface area contributed by atoms with Gasteiger partial charge >= 0.3 is 0 Å². The third-order valence-corrected chi connectivity index (χ3v) is 5.96. The topological polar surface area (TPSA) is 85.0 Å². The minimum absolute atomic E-state index is 0.00892. The zero-order valence-corrected chi connectivity index (χ0v) is 16.8. The first-order valence-electron chi connectivity index (χ1n) is 8.94. The van der Waals surface area contributed by atoms with Crippen LogP contribution in [0.3, 0.4) is 0 Å². The van der Waals surface area contributed by atoms with Gasteiger partial charge in [0.05, 0.1) is 16.7 Å². The highest BCUT2D eigenvalue weighted by molar-refractivity contribution is 7.11. The zero-order chi connectivity index (χ0) is 19.4. The smallest absolute Gasteiger partial charge is 0.227 e. The van der Waals surface area contributed by atoms with Gasteiger partial charge in [-0.1, -0.05) is 12.1 Å². The molecular weight excluding hydrogens is 362 g/mol. The Morgan fingerprint density at radius 3 is 2.70 bits per heavy atom. The van der Waals surface area contributed by atoms with Crippen LogP contribution in [-0.2, 0) is 17.6 Å². The number of aromatic nitrogens is 4. The molecule has 0 bridgehead atoms. The first kappa shape index (κ1) is 19.2. The molecule has 8 heteroatoms. The van der Waals surface area contributed by atoms with Gasteiger partial charge < -0.3 is 9.42 Å². The number of hydrogen-bond acceptors (Lipinski definition) is 7. The second-order valence-electron chi connectivity index (χ2n) is 6.34. The average Bonchev–Trinajstić information content (AvgIpc) is 3.32. The quantitative estimate of drug-likeness (QED) is 0.618. The summed E-state index contributed by atoms with van der Waals surface area (Å²) in [5, 5.41) is 5.07. The molecular formula is C19H23N5O2S. The molecule has 3 aromatic rings. The number of carbonyl (C=O) groups excluding carboxylic acids is 1. The van der Waals surface area contributed by atoms with Gasteiger partial charge in [-0.05, 0) is 32.4 Å². The lowest BCUT2D eigenvalue weighted by Gasteiger charge is -2.24. The summed E-state index contributed by atoms with van der Waals surface area (Å²) in [7, 11) is 1.83. The van der Waals surface area contributed by atoms with Gasteiger partial charge in [0.1, 0.15) is 0 Å². The molecule has 0 spiro atoms. The lowest BCUT2D eigenvalue weighted by Crippen LogP contribution is -2.29. The molecule has 0 aliphatic carbocycles. The van der Waals surface area contributed by atoms with E-state index in [0.29, 0.717) is 24.6 Å². The number of hydrogen-bond donors (Lipinski definition) is 0. The van der Waals surface area contributed by atoms with Gasteiger partial charge in [-0.3, -0.25) is 9.78 Å². The molecule has 0 aliphatic heterocycles. The molecule has 0 radical (unpaired) electrons. The molecule has 1 unspecified atom stereocenters. The van der Waals surface area contributed by atoms with Crippen molar-refractivity contribution in [1.29, 1.82) is 0 Å². The van der Waals surface area contributed by atoms with Crippen LogP contribution in [0.2, 0.25) is 0 Å². The highest BCUT2D eigenvalue weighted by atomic mass is 32.1. The van der Waals surface area contributed by atoms with Gasteiger partial charge in [-0.25, -0.2) is 4.98 Å². The SMILES string of the molecule is CCc1nc(C)c(C(C)N(C)C(=O)CCc2nc(-c3ccncc3)no2)s1. The van der Waals surface area contributed by atoms with Crippen molar-refractivity contribution in [2.45, 2.75) is 46.1 Å². The second kappa shape index (κ2) is 8.39. The number of rotatable bonds is 7. The summed E-state index contributed by atoms with van der Waals surface area (Å²) in [4.78, 5) is 28.4. The summed E-state index contributed by atoms with van der Waals surface area (Å²) in [6, 6.07) is 3.62. The van der Waals surface area contributed by atoms with Crippen LogP contribution >= 0.6 is 11.3 Å². The highest BCUT2D eigenvalue weighted by Crippen LogP contribution is 2.29. The summed E-state index contributed by atoms with van der Waals surface area (Å²) < 4.78 is 5.27. The largest absolute Gasteiger partial charge is 0.339 e.